The minimum Gasteiger partial charge on any atom is -0.435 e. The number of alkyl halides is 2. The van der Waals surface area contributed by atoms with Crippen LogP contribution < -0.4 is 15.4 Å². The summed E-state index contributed by atoms with van der Waals surface area (Å²) in [6.45, 7) is -2.88. The van der Waals surface area contributed by atoms with Crippen molar-refractivity contribution < 1.29 is 18.3 Å². The zero-order chi connectivity index (χ0) is 20.2. The lowest BCUT2D eigenvalue weighted by atomic mass is 10.0. The Labute approximate surface area is 166 Å². The molecule has 4 rings (SSSR count). The molecule has 1 heterocycles. The molecule has 1 fully saturated rings. The van der Waals surface area contributed by atoms with Crippen molar-refractivity contribution in [1.29, 1.82) is 0 Å². The number of hydrogen-bond donors (Lipinski definition) is 2. The van der Waals surface area contributed by atoms with Gasteiger partial charge in [-0.15, -0.1) is 0 Å². The molecule has 1 amide bonds. The van der Waals surface area contributed by atoms with Gasteiger partial charge in [-0.2, -0.15) is 8.78 Å². The lowest BCUT2D eigenvalue weighted by molar-refractivity contribution is -0.0498. The van der Waals surface area contributed by atoms with Crippen LogP contribution in [0, 0.1) is 0 Å². The molecule has 0 atom stereocenters. The number of amides is 1. The van der Waals surface area contributed by atoms with Gasteiger partial charge in [0.05, 0.1) is 0 Å². The standard InChI is InChI=1S/C21H18F2N4O2/c22-20(23)29-16-4-1-3-15(12-16)26-18-8-7-14(11-17(18)13-5-6-13)19(28)27-21-24-9-2-10-25-21/h1-4,7-13,20,26H,5-6H2,(H,24,25,27,28). The average Bonchev–Trinajstić information content (AvgIpc) is 3.54. The van der Waals surface area contributed by atoms with E-state index in [4.69, 9.17) is 0 Å². The number of ether oxygens (including phenoxy) is 1. The van der Waals surface area contributed by atoms with Gasteiger partial charge in [0.15, 0.2) is 0 Å². The van der Waals surface area contributed by atoms with Crippen LogP contribution in [0.1, 0.15) is 34.7 Å². The maximum atomic E-state index is 12.5. The molecule has 0 spiro atoms. The maximum Gasteiger partial charge on any atom is 0.387 e. The van der Waals surface area contributed by atoms with E-state index in [0.717, 1.165) is 24.1 Å². The van der Waals surface area contributed by atoms with E-state index in [1.54, 1.807) is 36.7 Å². The van der Waals surface area contributed by atoms with Crippen molar-refractivity contribution in [3.8, 4) is 5.75 Å². The van der Waals surface area contributed by atoms with Crippen molar-refractivity contribution >= 4 is 23.2 Å². The lowest BCUT2D eigenvalue weighted by Gasteiger charge is -2.14. The van der Waals surface area contributed by atoms with Gasteiger partial charge in [-0.1, -0.05) is 6.07 Å². The third kappa shape index (κ3) is 4.84. The predicted octanol–water partition coefficient (Wildman–Crippen LogP) is 4.95. The summed E-state index contributed by atoms with van der Waals surface area (Å²) in [6.07, 6.45) is 5.18. The molecule has 3 aromatic rings. The molecule has 0 unspecified atom stereocenters. The van der Waals surface area contributed by atoms with Gasteiger partial charge in [0.2, 0.25) is 5.95 Å². The van der Waals surface area contributed by atoms with E-state index < -0.39 is 6.61 Å². The van der Waals surface area contributed by atoms with Crippen LogP contribution in [-0.2, 0) is 0 Å². The monoisotopic (exact) mass is 396 g/mol. The third-order valence-electron chi connectivity index (χ3n) is 4.46. The zero-order valence-corrected chi connectivity index (χ0v) is 15.3. The van der Waals surface area contributed by atoms with Crippen LogP contribution in [0.3, 0.4) is 0 Å². The first-order valence-corrected chi connectivity index (χ1v) is 9.13. The summed E-state index contributed by atoms with van der Waals surface area (Å²) in [4.78, 5) is 20.5. The number of hydrogen-bond acceptors (Lipinski definition) is 5. The highest BCUT2D eigenvalue weighted by Crippen LogP contribution is 2.44. The number of rotatable bonds is 7. The van der Waals surface area contributed by atoms with Crippen molar-refractivity contribution in [2.75, 3.05) is 10.6 Å². The smallest absolute Gasteiger partial charge is 0.387 e. The first kappa shape index (κ1) is 18.8. The molecule has 1 aliphatic rings. The Bertz CT molecular complexity index is 1010. The van der Waals surface area contributed by atoms with Gasteiger partial charge in [-0.25, -0.2) is 9.97 Å². The highest BCUT2D eigenvalue weighted by Gasteiger charge is 2.27. The summed E-state index contributed by atoms with van der Waals surface area (Å²) in [5.41, 5.74) is 2.96. The van der Waals surface area contributed by atoms with Crippen LogP contribution in [0.4, 0.5) is 26.1 Å². The Hall–Kier alpha value is -3.55. The fourth-order valence-corrected chi connectivity index (χ4v) is 2.99. The molecule has 148 valence electrons. The molecule has 2 N–H and O–H groups in total. The first-order chi connectivity index (χ1) is 14.1. The van der Waals surface area contributed by atoms with E-state index in [9.17, 15) is 13.6 Å². The Morgan fingerprint density at radius 1 is 1.07 bits per heavy atom. The molecular formula is C21H18F2N4O2. The summed E-state index contributed by atoms with van der Waals surface area (Å²) in [5, 5.41) is 5.91. The van der Waals surface area contributed by atoms with Gasteiger partial charge in [0.25, 0.3) is 5.91 Å². The fraction of sp³-hybridized carbons (Fsp3) is 0.190. The van der Waals surface area contributed by atoms with Gasteiger partial charge in [-0.05, 0) is 60.7 Å². The van der Waals surface area contributed by atoms with Gasteiger partial charge in [0.1, 0.15) is 5.75 Å². The Kier molecular flexibility index (Phi) is 5.33. The summed E-state index contributed by atoms with van der Waals surface area (Å²) in [5.74, 6) is 0.385. The molecule has 0 saturated heterocycles. The second-order valence-corrected chi connectivity index (χ2v) is 6.63. The SMILES string of the molecule is O=C(Nc1ncccn1)c1ccc(Nc2cccc(OC(F)F)c2)c(C2CC2)c1. The Morgan fingerprint density at radius 2 is 1.86 bits per heavy atom. The number of anilines is 3. The molecule has 1 aromatic heterocycles. The fourth-order valence-electron chi connectivity index (χ4n) is 2.99. The first-order valence-electron chi connectivity index (χ1n) is 9.13. The van der Waals surface area contributed by atoms with Crippen LogP contribution in [0.15, 0.2) is 60.9 Å². The van der Waals surface area contributed by atoms with Crippen LogP contribution >= 0.6 is 0 Å². The van der Waals surface area contributed by atoms with Gasteiger partial charge in [0, 0.05) is 35.4 Å². The number of carbonyl (C=O) groups excluding carboxylic acids is 1. The Balaban J connectivity index is 1.55. The predicted molar refractivity (Wildman–Crippen MR) is 105 cm³/mol. The summed E-state index contributed by atoms with van der Waals surface area (Å²) in [6, 6.07) is 13.4. The molecule has 0 aliphatic heterocycles. The highest BCUT2D eigenvalue weighted by molar-refractivity contribution is 6.03. The molecule has 0 bridgehead atoms. The largest absolute Gasteiger partial charge is 0.435 e. The van der Waals surface area contributed by atoms with E-state index in [1.165, 1.54) is 12.1 Å². The molecular weight excluding hydrogens is 378 g/mol. The molecule has 0 radical (unpaired) electrons. The highest BCUT2D eigenvalue weighted by atomic mass is 19.3. The van der Waals surface area contributed by atoms with Gasteiger partial charge in [-0.3, -0.25) is 10.1 Å². The Morgan fingerprint density at radius 3 is 2.59 bits per heavy atom. The number of benzene rings is 2. The second kappa shape index (κ2) is 8.22. The van der Waals surface area contributed by atoms with Crippen LogP contribution in [0.25, 0.3) is 0 Å². The van der Waals surface area contributed by atoms with E-state index >= 15 is 0 Å². The summed E-state index contributed by atoms with van der Waals surface area (Å²) in [7, 11) is 0. The summed E-state index contributed by atoms with van der Waals surface area (Å²) >= 11 is 0. The molecule has 29 heavy (non-hydrogen) atoms. The van der Waals surface area contributed by atoms with E-state index in [2.05, 4.69) is 25.3 Å². The van der Waals surface area contributed by atoms with E-state index in [0.29, 0.717) is 17.2 Å². The van der Waals surface area contributed by atoms with Crippen LogP contribution in [0.5, 0.6) is 5.75 Å². The van der Waals surface area contributed by atoms with Gasteiger partial charge < -0.3 is 10.1 Å². The lowest BCUT2D eigenvalue weighted by Crippen LogP contribution is -2.14. The number of nitrogens with zero attached hydrogens (tertiary/aromatic N) is 2. The minimum atomic E-state index is -2.88. The molecule has 2 aromatic carbocycles. The second-order valence-electron chi connectivity index (χ2n) is 6.63. The van der Waals surface area contributed by atoms with E-state index in [-0.39, 0.29) is 17.6 Å². The molecule has 8 heteroatoms. The summed E-state index contributed by atoms with van der Waals surface area (Å²) < 4.78 is 29.3. The van der Waals surface area contributed by atoms with Gasteiger partial charge >= 0.3 is 6.61 Å². The number of carbonyl (C=O) groups is 1. The normalized spacial score (nSPS) is 13.2. The molecule has 1 aliphatic carbocycles. The van der Waals surface area contributed by atoms with Crippen LogP contribution in [-0.4, -0.2) is 22.5 Å². The topological polar surface area (TPSA) is 76.1 Å². The number of halogens is 2. The minimum absolute atomic E-state index is 0.0804. The molecule has 1 saturated carbocycles. The third-order valence-corrected chi connectivity index (χ3v) is 4.46. The van der Waals surface area contributed by atoms with Crippen molar-refractivity contribution in [3.05, 3.63) is 72.1 Å². The average molecular weight is 396 g/mol. The van der Waals surface area contributed by atoms with Crippen LogP contribution in [0.2, 0.25) is 0 Å². The van der Waals surface area contributed by atoms with Crippen molar-refractivity contribution in [3.63, 3.8) is 0 Å². The maximum absolute atomic E-state index is 12.5. The zero-order valence-electron chi connectivity index (χ0n) is 15.3. The number of aromatic nitrogens is 2. The number of nitrogens with one attached hydrogen (secondary N) is 2. The van der Waals surface area contributed by atoms with Crippen molar-refractivity contribution in [2.45, 2.75) is 25.4 Å². The molecule has 6 nitrogen and oxygen atoms in total. The van der Waals surface area contributed by atoms with Crippen molar-refractivity contribution in [1.82, 2.24) is 9.97 Å². The van der Waals surface area contributed by atoms with E-state index in [1.807, 2.05) is 12.1 Å². The quantitative estimate of drug-likeness (QED) is 0.591. The van der Waals surface area contributed by atoms with Crippen molar-refractivity contribution in [2.24, 2.45) is 0 Å².